The Morgan fingerprint density at radius 3 is 2.66 bits per heavy atom. The zero-order valence-electron chi connectivity index (χ0n) is 18.5. The fourth-order valence-corrected chi connectivity index (χ4v) is 3.84. The molecule has 0 atom stereocenters. The van der Waals surface area contributed by atoms with Gasteiger partial charge in [0.15, 0.2) is 11.3 Å². The Hall–Kier alpha value is -3.83. The van der Waals surface area contributed by atoms with Crippen LogP contribution in [-0.2, 0) is 17.5 Å². The van der Waals surface area contributed by atoms with Crippen LogP contribution in [0.25, 0.3) is 16.9 Å². The summed E-state index contributed by atoms with van der Waals surface area (Å²) in [6.07, 6.45) is -3.10. The number of imidazole rings is 1. The number of benzene rings is 1. The van der Waals surface area contributed by atoms with Crippen LogP contribution in [0.2, 0.25) is 0 Å². The molecular weight excluding hydrogens is 461 g/mol. The number of pyridine rings is 1. The molecule has 0 unspecified atom stereocenters. The minimum absolute atomic E-state index is 0.134. The Kier molecular flexibility index (Phi) is 6.18. The third-order valence-corrected chi connectivity index (χ3v) is 5.62. The molecule has 0 saturated carbocycles. The second-order valence-electron chi connectivity index (χ2n) is 8.07. The van der Waals surface area contributed by atoms with Gasteiger partial charge in [0.05, 0.1) is 36.4 Å². The highest BCUT2D eigenvalue weighted by Crippen LogP contribution is 2.31. The lowest BCUT2D eigenvalue weighted by Gasteiger charge is -2.26. The molecule has 4 heterocycles. The number of nitrogens with zero attached hydrogens (tertiary/aromatic N) is 5. The summed E-state index contributed by atoms with van der Waals surface area (Å²) >= 11 is 0. The molecule has 1 N–H and O–H groups in total. The molecule has 1 aliphatic heterocycles. The molecule has 35 heavy (non-hydrogen) atoms. The van der Waals surface area contributed by atoms with Crippen molar-refractivity contribution in [1.82, 2.24) is 24.5 Å². The van der Waals surface area contributed by atoms with Gasteiger partial charge in [0.2, 0.25) is 0 Å². The van der Waals surface area contributed by atoms with Gasteiger partial charge in [-0.2, -0.15) is 18.3 Å². The molecule has 0 bridgehead atoms. The molecule has 5 rings (SSSR count). The molecule has 3 aromatic heterocycles. The number of amides is 1. The van der Waals surface area contributed by atoms with Gasteiger partial charge in [-0.1, -0.05) is 18.2 Å². The number of carbonyl (C=O) groups excluding carboxylic acids is 1. The van der Waals surface area contributed by atoms with E-state index in [1.165, 1.54) is 22.8 Å². The van der Waals surface area contributed by atoms with Crippen molar-refractivity contribution in [3.63, 3.8) is 0 Å². The smallest absolute Gasteiger partial charge is 0.379 e. The Morgan fingerprint density at radius 2 is 1.86 bits per heavy atom. The van der Waals surface area contributed by atoms with Gasteiger partial charge in [-0.3, -0.25) is 9.69 Å². The van der Waals surface area contributed by atoms with E-state index in [-0.39, 0.29) is 17.0 Å². The highest BCUT2D eigenvalue weighted by molar-refractivity contribution is 6.02. The van der Waals surface area contributed by atoms with Crippen molar-refractivity contribution in [2.75, 3.05) is 31.6 Å². The molecule has 0 radical (unpaired) electrons. The van der Waals surface area contributed by atoms with Crippen molar-refractivity contribution in [2.45, 2.75) is 12.7 Å². The van der Waals surface area contributed by atoms with Gasteiger partial charge in [-0.15, -0.1) is 0 Å². The first-order chi connectivity index (χ1) is 16.9. The zero-order valence-corrected chi connectivity index (χ0v) is 18.5. The van der Waals surface area contributed by atoms with Crippen LogP contribution in [0.5, 0.6) is 0 Å². The van der Waals surface area contributed by atoms with E-state index in [0.29, 0.717) is 31.2 Å². The average molecular weight is 482 g/mol. The van der Waals surface area contributed by atoms with E-state index in [9.17, 15) is 18.0 Å². The topological polar surface area (TPSA) is 84.7 Å². The maximum atomic E-state index is 13.1. The zero-order chi connectivity index (χ0) is 24.4. The first kappa shape index (κ1) is 22.9. The van der Waals surface area contributed by atoms with Crippen LogP contribution in [0, 0.1) is 0 Å². The highest BCUT2D eigenvalue weighted by Gasteiger charge is 2.30. The first-order valence-corrected chi connectivity index (χ1v) is 11.0. The number of fused-ring (bicyclic) bond motifs is 1. The van der Waals surface area contributed by atoms with Gasteiger partial charge < -0.3 is 10.1 Å². The standard InChI is InChI=1S/C24H21F3N6O2/c25-24(26,27)17-4-1-3-16(13-17)19-7-8-22-28-14-20(33(22)31-19)23(34)30-21-6-2-5-18(29-21)15-32-9-11-35-12-10-32/h1-8,13-14H,9-12,15H2,(H,29,30,34). The third-order valence-electron chi connectivity index (χ3n) is 5.62. The van der Waals surface area contributed by atoms with E-state index in [1.54, 1.807) is 18.2 Å². The monoisotopic (exact) mass is 482 g/mol. The van der Waals surface area contributed by atoms with Crippen LogP contribution in [-0.4, -0.2) is 56.7 Å². The third kappa shape index (κ3) is 5.15. The Labute approximate surface area is 198 Å². The largest absolute Gasteiger partial charge is 0.416 e. The Bertz CT molecular complexity index is 1360. The van der Waals surface area contributed by atoms with E-state index in [4.69, 9.17) is 4.74 Å². The summed E-state index contributed by atoms with van der Waals surface area (Å²) in [5.41, 5.74) is 1.12. The first-order valence-electron chi connectivity index (χ1n) is 11.0. The van der Waals surface area contributed by atoms with Gasteiger partial charge in [0, 0.05) is 25.2 Å². The number of hydrogen-bond donors (Lipinski definition) is 1. The van der Waals surface area contributed by atoms with Gasteiger partial charge in [0.1, 0.15) is 5.82 Å². The summed E-state index contributed by atoms with van der Waals surface area (Å²) in [5.74, 6) is -0.105. The van der Waals surface area contributed by atoms with Gasteiger partial charge in [0.25, 0.3) is 5.91 Å². The van der Waals surface area contributed by atoms with Crippen molar-refractivity contribution in [2.24, 2.45) is 0 Å². The maximum Gasteiger partial charge on any atom is 0.416 e. The molecule has 1 aliphatic rings. The fourth-order valence-electron chi connectivity index (χ4n) is 3.84. The van der Waals surface area contributed by atoms with Crippen molar-refractivity contribution in [3.8, 4) is 11.3 Å². The number of nitrogens with one attached hydrogen (secondary N) is 1. The minimum Gasteiger partial charge on any atom is -0.379 e. The summed E-state index contributed by atoms with van der Waals surface area (Å²) in [5, 5.41) is 7.13. The maximum absolute atomic E-state index is 13.1. The Balaban J connectivity index is 1.38. The minimum atomic E-state index is -4.47. The normalized spacial score (nSPS) is 14.8. The van der Waals surface area contributed by atoms with Crippen LogP contribution in [0.1, 0.15) is 21.7 Å². The summed E-state index contributed by atoms with van der Waals surface area (Å²) < 4.78 is 46.0. The molecule has 180 valence electrons. The number of alkyl halides is 3. The van der Waals surface area contributed by atoms with Gasteiger partial charge in [-0.05, 0) is 36.4 Å². The average Bonchev–Trinajstić information content (AvgIpc) is 3.28. The highest BCUT2D eigenvalue weighted by atomic mass is 19.4. The molecule has 1 amide bonds. The van der Waals surface area contributed by atoms with Crippen molar-refractivity contribution in [3.05, 3.63) is 77.7 Å². The number of aromatic nitrogens is 4. The molecular formula is C24H21F3N6O2. The fraction of sp³-hybridized carbons (Fsp3) is 0.250. The SMILES string of the molecule is O=C(Nc1cccc(CN2CCOCC2)n1)c1cnc2ccc(-c3cccc(C(F)(F)F)c3)nn12. The van der Waals surface area contributed by atoms with Crippen LogP contribution >= 0.6 is 0 Å². The molecule has 0 aliphatic carbocycles. The Morgan fingerprint density at radius 1 is 1.06 bits per heavy atom. The van der Waals surface area contributed by atoms with Gasteiger partial charge in [-0.25, -0.2) is 14.5 Å². The number of anilines is 1. The summed E-state index contributed by atoms with van der Waals surface area (Å²) in [4.78, 5) is 23.9. The second kappa shape index (κ2) is 9.43. The lowest BCUT2D eigenvalue weighted by Crippen LogP contribution is -2.35. The molecule has 1 fully saturated rings. The molecule has 4 aromatic rings. The predicted molar refractivity (Wildman–Crippen MR) is 122 cm³/mol. The van der Waals surface area contributed by atoms with Crippen LogP contribution < -0.4 is 5.32 Å². The predicted octanol–water partition coefficient (Wildman–Crippen LogP) is 3.89. The number of morpholine rings is 1. The van der Waals surface area contributed by atoms with Gasteiger partial charge >= 0.3 is 6.18 Å². The lowest BCUT2D eigenvalue weighted by molar-refractivity contribution is -0.137. The van der Waals surface area contributed by atoms with E-state index in [0.717, 1.165) is 30.9 Å². The van der Waals surface area contributed by atoms with Crippen molar-refractivity contribution < 1.29 is 22.7 Å². The number of ether oxygens (including phenoxy) is 1. The van der Waals surface area contributed by atoms with Crippen LogP contribution in [0.4, 0.5) is 19.0 Å². The molecule has 1 saturated heterocycles. The molecule has 8 nitrogen and oxygen atoms in total. The number of hydrogen-bond acceptors (Lipinski definition) is 6. The molecule has 0 spiro atoms. The molecule has 11 heteroatoms. The van der Waals surface area contributed by atoms with Crippen molar-refractivity contribution >= 4 is 17.4 Å². The quantitative estimate of drug-likeness (QED) is 0.465. The van der Waals surface area contributed by atoms with E-state index in [1.807, 2.05) is 12.1 Å². The van der Waals surface area contributed by atoms with E-state index >= 15 is 0 Å². The van der Waals surface area contributed by atoms with Crippen molar-refractivity contribution in [1.29, 1.82) is 0 Å². The summed E-state index contributed by atoms with van der Waals surface area (Å²) in [7, 11) is 0. The number of halogens is 3. The summed E-state index contributed by atoms with van der Waals surface area (Å²) in [6, 6.07) is 13.4. The van der Waals surface area contributed by atoms with E-state index in [2.05, 4.69) is 25.3 Å². The number of carbonyl (C=O) groups is 1. The number of rotatable bonds is 5. The lowest BCUT2D eigenvalue weighted by atomic mass is 10.1. The van der Waals surface area contributed by atoms with Crippen LogP contribution in [0.15, 0.2) is 60.8 Å². The summed E-state index contributed by atoms with van der Waals surface area (Å²) in [6.45, 7) is 3.64. The van der Waals surface area contributed by atoms with E-state index < -0.39 is 17.6 Å². The second-order valence-corrected chi connectivity index (χ2v) is 8.07. The molecule has 1 aromatic carbocycles. The van der Waals surface area contributed by atoms with Crippen LogP contribution in [0.3, 0.4) is 0 Å².